The largest absolute Gasteiger partial charge is 0.311 e. The van der Waals surface area contributed by atoms with Crippen LogP contribution >= 0.6 is 11.3 Å². The third-order valence-electron chi connectivity index (χ3n) is 7.81. The van der Waals surface area contributed by atoms with Gasteiger partial charge in [-0.2, -0.15) is 0 Å². The Bertz CT molecular complexity index is 1800. The van der Waals surface area contributed by atoms with Gasteiger partial charge in [-0.15, -0.1) is 11.3 Å². The highest BCUT2D eigenvalue weighted by Gasteiger charge is 2.14. The lowest BCUT2D eigenvalue weighted by Gasteiger charge is -2.25. The molecule has 222 valence electrons. The minimum atomic E-state index is 1.13. The Kier molecular flexibility index (Phi) is 9.09. The lowest BCUT2D eigenvalue weighted by atomic mass is 10.1. The summed E-state index contributed by atoms with van der Waals surface area (Å²) in [6, 6.07) is 48.0. The molecule has 0 amide bonds. The molecule has 0 atom stereocenters. The minimum absolute atomic E-state index is 1.13. The van der Waals surface area contributed by atoms with Gasteiger partial charge in [-0.1, -0.05) is 101 Å². The molecular weight excluding hydrogens is 565 g/mol. The van der Waals surface area contributed by atoms with E-state index in [1.54, 1.807) is 11.3 Å². The normalized spacial score (nSPS) is 11.4. The van der Waals surface area contributed by atoms with Crippen molar-refractivity contribution in [1.82, 2.24) is 0 Å². The molecule has 5 aromatic carbocycles. The Balaban J connectivity index is 1.18. The second-order valence-electron chi connectivity index (χ2n) is 11.5. The highest BCUT2D eigenvalue weighted by atomic mass is 32.1. The summed E-state index contributed by atoms with van der Waals surface area (Å²) < 4.78 is 0. The number of nitrogens with zero attached hydrogens (tertiary/aromatic N) is 2. The fraction of sp³-hybridized carbons (Fsp3) is 0.0952. The summed E-state index contributed by atoms with van der Waals surface area (Å²) in [5.74, 6) is 0. The van der Waals surface area contributed by atoms with Gasteiger partial charge in [-0.25, -0.2) is 0 Å². The predicted molar refractivity (Wildman–Crippen MR) is 197 cm³/mol. The predicted octanol–water partition coefficient (Wildman–Crippen LogP) is 12.6. The van der Waals surface area contributed by atoms with E-state index in [1.807, 2.05) is 0 Å². The van der Waals surface area contributed by atoms with Gasteiger partial charge >= 0.3 is 0 Å². The molecule has 0 unspecified atom stereocenters. The van der Waals surface area contributed by atoms with Gasteiger partial charge in [0.15, 0.2) is 0 Å². The maximum absolute atomic E-state index is 2.33. The third kappa shape index (κ3) is 7.34. The van der Waals surface area contributed by atoms with Crippen LogP contribution in [0.2, 0.25) is 0 Å². The summed E-state index contributed by atoms with van der Waals surface area (Å²) >= 11 is 1.79. The molecule has 0 bridgehead atoms. The molecule has 1 aromatic heterocycles. The molecule has 0 spiro atoms. The maximum Gasteiger partial charge on any atom is 0.100 e. The summed E-state index contributed by atoms with van der Waals surface area (Å²) in [5, 5.41) is 1.19. The topological polar surface area (TPSA) is 6.48 Å². The summed E-state index contributed by atoms with van der Waals surface area (Å²) in [6.07, 6.45) is 8.57. The van der Waals surface area contributed by atoms with E-state index >= 15 is 0 Å². The summed E-state index contributed by atoms with van der Waals surface area (Å²) in [6.45, 7) is 8.50. The van der Waals surface area contributed by atoms with Crippen molar-refractivity contribution in [2.24, 2.45) is 0 Å². The number of hydrogen-bond acceptors (Lipinski definition) is 3. The molecular formula is C42H38N2S. The molecule has 2 nitrogen and oxygen atoms in total. The second kappa shape index (κ2) is 13.7. The number of thiophene rings is 1. The van der Waals surface area contributed by atoms with Crippen LogP contribution in [0.15, 0.2) is 146 Å². The van der Waals surface area contributed by atoms with Crippen molar-refractivity contribution in [2.75, 3.05) is 9.80 Å². The molecule has 0 saturated carbocycles. The molecule has 6 rings (SSSR count). The van der Waals surface area contributed by atoms with Crippen LogP contribution in [0.1, 0.15) is 32.7 Å². The van der Waals surface area contributed by atoms with E-state index in [2.05, 4.69) is 195 Å². The molecule has 0 radical (unpaired) electrons. The van der Waals surface area contributed by atoms with Crippen LogP contribution in [0.25, 0.3) is 12.2 Å². The molecule has 45 heavy (non-hydrogen) atoms. The monoisotopic (exact) mass is 602 g/mol. The molecule has 0 fully saturated rings. The average Bonchev–Trinajstić information content (AvgIpc) is 3.52. The molecule has 3 heteroatoms. The molecule has 0 aliphatic rings. The minimum Gasteiger partial charge on any atom is -0.311 e. The summed E-state index contributed by atoms with van der Waals surface area (Å²) in [5.41, 5.74) is 11.9. The van der Waals surface area contributed by atoms with Crippen LogP contribution in [0, 0.1) is 27.7 Å². The number of hydrogen-bond donors (Lipinski definition) is 0. The van der Waals surface area contributed by atoms with E-state index in [0.717, 1.165) is 34.0 Å². The fourth-order valence-corrected chi connectivity index (χ4v) is 6.19. The van der Waals surface area contributed by atoms with Gasteiger partial charge in [-0.3, -0.25) is 0 Å². The number of anilines is 6. The van der Waals surface area contributed by atoms with Crippen LogP contribution < -0.4 is 9.80 Å². The molecule has 0 aliphatic carbocycles. The average molecular weight is 603 g/mol. The van der Waals surface area contributed by atoms with Crippen molar-refractivity contribution >= 4 is 56.9 Å². The van der Waals surface area contributed by atoms with Gasteiger partial charge in [-0.05, 0) is 112 Å². The Morgan fingerprint density at radius 2 is 0.733 bits per heavy atom. The van der Waals surface area contributed by atoms with Gasteiger partial charge in [0.25, 0.3) is 0 Å². The molecule has 0 N–H and O–H groups in total. The van der Waals surface area contributed by atoms with Gasteiger partial charge in [0.1, 0.15) is 5.00 Å². The van der Waals surface area contributed by atoms with E-state index < -0.39 is 0 Å². The van der Waals surface area contributed by atoms with Gasteiger partial charge in [0.05, 0.1) is 0 Å². The Morgan fingerprint density at radius 3 is 1.16 bits per heavy atom. The van der Waals surface area contributed by atoms with Crippen molar-refractivity contribution < 1.29 is 0 Å². The maximum atomic E-state index is 2.33. The molecule has 0 saturated heterocycles. The Morgan fingerprint density at radius 1 is 0.378 bits per heavy atom. The van der Waals surface area contributed by atoms with Gasteiger partial charge in [0, 0.05) is 33.3 Å². The summed E-state index contributed by atoms with van der Waals surface area (Å²) in [4.78, 5) is 5.84. The highest BCUT2D eigenvalue weighted by molar-refractivity contribution is 7.17. The zero-order valence-corrected chi connectivity index (χ0v) is 27.1. The zero-order valence-electron chi connectivity index (χ0n) is 26.3. The van der Waals surface area contributed by atoms with E-state index in [9.17, 15) is 0 Å². The number of benzene rings is 5. The lowest BCUT2D eigenvalue weighted by Crippen LogP contribution is -2.09. The van der Waals surface area contributed by atoms with Gasteiger partial charge < -0.3 is 9.80 Å². The standard InChI is InChI=1S/C42H38N2S/c1-31-9-19-36(20-10-31)43(37-21-11-32(2)12-22-37)38-27-17-35(18-28-38)7-5-6-8-41-29-30-42(45-41)44(39-23-13-33(3)14-24-39)40-25-15-34(4)16-26-40/h5-30H,1-4H3. The summed E-state index contributed by atoms with van der Waals surface area (Å²) in [7, 11) is 0. The Hall–Kier alpha value is -5.12. The van der Waals surface area contributed by atoms with Gasteiger partial charge in [0.2, 0.25) is 0 Å². The van der Waals surface area contributed by atoms with E-state index in [1.165, 1.54) is 32.1 Å². The first kappa shape index (κ1) is 29.9. The van der Waals surface area contributed by atoms with Crippen molar-refractivity contribution in [3.8, 4) is 0 Å². The van der Waals surface area contributed by atoms with Crippen LogP contribution in [0.5, 0.6) is 0 Å². The second-order valence-corrected chi connectivity index (χ2v) is 12.6. The van der Waals surface area contributed by atoms with Crippen molar-refractivity contribution in [3.05, 3.63) is 178 Å². The quantitative estimate of drug-likeness (QED) is 0.152. The van der Waals surface area contributed by atoms with Crippen LogP contribution in [-0.2, 0) is 0 Å². The first-order chi connectivity index (χ1) is 21.9. The van der Waals surface area contributed by atoms with E-state index in [-0.39, 0.29) is 0 Å². The fourth-order valence-electron chi connectivity index (χ4n) is 5.23. The molecule has 6 aromatic rings. The molecule has 1 heterocycles. The van der Waals surface area contributed by atoms with Crippen LogP contribution in [0.3, 0.4) is 0 Å². The van der Waals surface area contributed by atoms with Crippen molar-refractivity contribution in [2.45, 2.75) is 27.7 Å². The SMILES string of the molecule is Cc1ccc(N(c2ccc(C)cc2)c2ccc(C=CC=Cc3ccc(N(c4ccc(C)cc4)c4ccc(C)cc4)s3)cc2)cc1. The van der Waals surface area contributed by atoms with Crippen molar-refractivity contribution in [3.63, 3.8) is 0 Å². The van der Waals surface area contributed by atoms with Crippen LogP contribution in [0.4, 0.5) is 33.4 Å². The van der Waals surface area contributed by atoms with E-state index in [4.69, 9.17) is 0 Å². The smallest absolute Gasteiger partial charge is 0.100 e. The Labute approximate surface area is 271 Å². The number of aryl methyl sites for hydroxylation is 4. The lowest BCUT2D eigenvalue weighted by molar-refractivity contribution is 1.27. The highest BCUT2D eigenvalue weighted by Crippen LogP contribution is 2.39. The zero-order chi connectivity index (χ0) is 31.2. The number of rotatable bonds is 9. The first-order valence-electron chi connectivity index (χ1n) is 15.3. The van der Waals surface area contributed by atoms with Crippen LogP contribution in [-0.4, -0.2) is 0 Å². The third-order valence-corrected chi connectivity index (χ3v) is 8.85. The first-order valence-corrected chi connectivity index (χ1v) is 16.2. The molecule has 0 aliphatic heterocycles. The van der Waals surface area contributed by atoms with E-state index in [0.29, 0.717) is 0 Å². The van der Waals surface area contributed by atoms with Crippen molar-refractivity contribution in [1.29, 1.82) is 0 Å². The number of allylic oxidation sites excluding steroid dienone is 2.